The van der Waals surface area contributed by atoms with Crippen LogP contribution in [0.4, 0.5) is 0 Å². The van der Waals surface area contributed by atoms with E-state index in [9.17, 15) is 4.79 Å². The minimum absolute atomic E-state index is 0.0614. The molecule has 0 atom stereocenters. The van der Waals surface area contributed by atoms with Crippen LogP contribution in [0.15, 0.2) is 6.20 Å². The highest BCUT2D eigenvalue weighted by Crippen LogP contribution is 2.31. The van der Waals surface area contributed by atoms with Crippen molar-refractivity contribution in [3.8, 4) is 0 Å². The van der Waals surface area contributed by atoms with Crippen LogP contribution < -0.4 is 5.32 Å². The third-order valence-electron chi connectivity index (χ3n) is 4.40. The number of carbonyl (C=O) groups excluding carboxylic acids is 1. The van der Waals surface area contributed by atoms with Crippen LogP contribution in [-0.4, -0.2) is 26.7 Å². The molecule has 2 heterocycles. The molecule has 1 saturated carbocycles. The number of hydrogen-bond donors (Lipinski definition) is 1. The number of amides is 1. The first-order chi connectivity index (χ1) is 10.1. The third kappa shape index (κ3) is 2.03. The molecule has 110 valence electrons. The van der Waals surface area contributed by atoms with E-state index in [-0.39, 0.29) is 11.9 Å². The van der Waals surface area contributed by atoms with Gasteiger partial charge in [0.1, 0.15) is 0 Å². The van der Waals surface area contributed by atoms with Gasteiger partial charge in [0.25, 0.3) is 5.91 Å². The average molecular weight is 284 g/mol. The number of nitrogens with one attached hydrogen (secondary N) is 1. The maximum Gasteiger partial charge on any atom is 0.252 e. The quantitative estimate of drug-likeness (QED) is 0.941. The second-order valence-corrected chi connectivity index (χ2v) is 6.43. The highest BCUT2D eigenvalue weighted by molar-refractivity contribution is 6.07. The van der Waals surface area contributed by atoms with Gasteiger partial charge >= 0.3 is 0 Å². The van der Waals surface area contributed by atoms with Crippen molar-refractivity contribution in [3.63, 3.8) is 0 Å². The number of carbonyl (C=O) groups is 1. The molecule has 1 N–H and O–H groups in total. The van der Waals surface area contributed by atoms with Gasteiger partial charge in [-0.15, -0.1) is 0 Å². The molecule has 0 aromatic carbocycles. The van der Waals surface area contributed by atoms with Crippen molar-refractivity contribution in [3.05, 3.63) is 23.0 Å². The maximum absolute atomic E-state index is 12.7. The molecule has 0 unspecified atom stereocenters. The fraction of sp³-hybridized carbons (Fsp3) is 0.562. The largest absolute Gasteiger partial charge is 0.349 e. The molecule has 0 saturated heterocycles. The lowest BCUT2D eigenvalue weighted by Crippen LogP contribution is -2.27. The molecule has 2 aromatic heterocycles. The van der Waals surface area contributed by atoms with E-state index in [4.69, 9.17) is 4.98 Å². The summed E-state index contributed by atoms with van der Waals surface area (Å²) in [6.45, 7) is 4.18. The van der Waals surface area contributed by atoms with E-state index >= 15 is 0 Å². The molecule has 0 bridgehead atoms. The SMILES string of the molecule is CC(C)n1ncc2c(C(=O)NC3CC3)c3c(nc21)CCC3. The topological polar surface area (TPSA) is 59.8 Å². The van der Waals surface area contributed by atoms with Gasteiger partial charge in [-0.25, -0.2) is 9.67 Å². The molecule has 21 heavy (non-hydrogen) atoms. The number of rotatable bonds is 3. The van der Waals surface area contributed by atoms with E-state index in [0.717, 1.165) is 60.0 Å². The van der Waals surface area contributed by atoms with E-state index in [1.54, 1.807) is 0 Å². The third-order valence-corrected chi connectivity index (χ3v) is 4.40. The molecule has 4 rings (SSSR count). The average Bonchev–Trinajstić information content (AvgIpc) is 2.98. The number of aryl methyl sites for hydroxylation is 1. The van der Waals surface area contributed by atoms with Gasteiger partial charge in [-0.2, -0.15) is 5.10 Å². The predicted molar refractivity (Wildman–Crippen MR) is 80.4 cm³/mol. The Kier molecular flexibility index (Phi) is 2.77. The van der Waals surface area contributed by atoms with Gasteiger partial charge in [-0.1, -0.05) is 0 Å². The summed E-state index contributed by atoms with van der Waals surface area (Å²) in [6.07, 6.45) is 7.04. The first-order valence-electron chi connectivity index (χ1n) is 7.85. The van der Waals surface area contributed by atoms with E-state index < -0.39 is 0 Å². The Morgan fingerprint density at radius 2 is 2.19 bits per heavy atom. The van der Waals surface area contributed by atoms with Crippen molar-refractivity contribution in [1.29, 1.82) is 0 Å². The number of nitrogens with zero attached hydrogens (tertiary/aromatic N) is 3. The van der Waals surface area contributed by atoms with Crippen LogP contribution in [0.5, 0.6) is 0 Å². The smallest absolute Gasteiger partial charge is 0.252 e. The Hall–Kier alpha value is -1.91. The number of aromatic nitrogens is 3. The predicted octanol–water partition coefficient (Wildman–Crippen LogP) is 2.39. The zero-order valence-electron chi connectivity index (χ0n) is 12.5. The Labute approximate surface area is 123 Å². The Balaban J connectivity index is 1.91. The van der Waals surface area contributed by atoms with Gasteiger partial charge in [0, 0.05) is 17.8 Å². The van der Waals surface area contributed by atoms with Crippen molar-refractivity contribution in [1.82, 2.24) is 20.1 Å². The van der Waals surface area contributed by atoms with E-state index in [1.807, 2.05) is 10.9 Å². The maximum atomic E-state index is 12.7. The van der Waals surface area contributed by atoms with E-state index in [1.165, 1.54) is 0 Å². The summed E-state index contributed by atoms with van der Waals surface area (Å²) in [5, 5.41) is 8.48. The summed E-state index contributed by atoms with van der Waals surface area (Å²) < 4.78 is 1.92. The van der Waals surface area contributed by atoms with Crippen LogP contribution in [0, 0.1) is 0 Å². The molecule has 2 aromatic rings. The van der Waals surface area contributed by atoms with Crippen LogP contribution in [0.25, 0.3) is 11.0 Å². The number of pyridine rings is 1. The summed E-state index contributed by atoms with van der Waals surface area (Å²) >= 11 is 0. The Morgan fingerprint density at radius 1 is 1.38 bits per heavy atom. The molecule has 1 fully saturated rings. The molecule has 5 nitrogen and oxygen atoms in total. The lowest BCUT2D eigenvalue weighted by Gasteiger charge is -2.12. The fourth-order valence-electron chi connectivity index (χ4n) is 3.18. The van der Waals surface area contributed by atoms with Crippen molar-refractivity contribution in [2.45, 2.75) is 58.0 Å². The summed E-state index contributed by atoms with van der Waals surface area (Å²) in [6, 6.07) is 0.617. The van der Waals surface area contributed by atoms with Crippen LogP contribution in [-0.2, 0) is 12.8 Å². The molecule has 2 aliphatic rings. The Morgan fingerprint density at radius 3 is 2.90 bits per heavy atom. The fourth-order valence-corrected chi connectivity index (χ4v) is 3.18. The van der Waals surface area contributed by atoms with Crippen LogP contribution in [0.1, 0.15) is 60.8 Å². The normalized spacial score (nSPS) is 17.5. The van der Waals surface area contributed by atoms with E-state index in [0.29, 0.717) is 6.04 Å². The van der Waals surface area contributed by atoms with Crippen molar-refractivity contribution >= 4 is 16.9 Å². The van der Waals surface area contributed by atoms with Gasteiger partial charge in [0.2, 0.25) is 0 Å². The molecule has 0 spiro atoms. The summed E-state index contributed by atoms with van der Waals surface area (Å²) in [5.41, 5.74) is 3.91. The summed E-state index contributed by atoms with van der Waals surface area (Å²) in [5.74, 6) is 0.0614. The van der Waals surface area contributed by atoms with Gasteiger partial charge in [-0.05, 0) is 51.5 Å². The second-order valence-electron chi connectivity index (χ2n) is 6.43. The second kappa shape index (κ2) is 4.55. The summed E-state index contributed by atoms with van der Waals surface area (Å²) in [7, 11) is 0. The molecule has 1 amide bonds. The molecule has 5 heteroatoms. The minimum Gasteiger partial charge on any atom is -0.349 e. The van der Waals surface area contributed by atoms with Crippen LogP contribution in [0.2, 0.25) is 0 Å². The van der Waals surface area contributed by atoms with E-state index in [2.05, 4.69) is 24.3 Å². The van der Waals surface area contributed by atoms with Crippen LogP contribution >= 0.6 is 0 Å². The first-order valence-corrected chi connectivity index (χ1v) is 7.85. The van der Waals surface area contributed by atoms with Crippen molar-refractivity contribution in [2.24, 2.45) is 0 Å². The first kappa shape index (κ1) is 12.8. The molecular formula is C16H20N4O. The Bertz CT molecular complexity index is 727. The molecule has 0 radical (unpaired) electrons. The lowest BCUT2D eigenvalue weighted by atomic mass is 10.0. The number of hydrogen-bond acceptors (Lipinski definition) is 3. The van der Waals surface area contributed by atoms with Crippen molar-refractivity contribution in [2.75, 3.05) is 0 Å². The van der Waals surface area contributed by atoms with Gasteiger partial charge in [0.15, 0.2) is 5.65 Å². The lowest BCUT2D eigenvalue weighted by molar-refractivity contribution is 0.0952. The highest BCUT2D eigenvalue weighted by Gasteiger charge is 2.29. The molecular weight excluding hydrogens is 264 g/mol. The number of fused-ring (bicyclic) bond motifs is 2. The zero-order chi connectivity index (χ0) is 14.6. The summed E-state index contributed by atoms with van der Waals surface area (Å²) in [4.78, 5) is 17.5. The van der Waals surface area contributed by atoms with Gasteiger partial charge < -0.3 is 5.32 Å². The monoisotopic (exact) mass is 284 g/mol. The standard InChI is InChI=1S/C16H20N4O/c1-9(2)20-15-12(8-17-20)14(16(21)18-10-6-7-10)11-4-3-5-13(11)19-15/h8-10H,3-7H2,1-2H3,(H,18,21). The van der Waals surface area contributed by atoms with Gasteiger partial charge in [-0.3, -0.25) is 4.79 Å². The molecule has 2 aliphatic carbocycles. The van der Waals surface area contributed by atoms with Crippen molar-refractivity contribution < 1.29 is 4.79 Å². The minimum atomic E-state index is 0.0614. The molecule has 0 aliphatic heterocycles. The highest BCUT2D eigenvalue weighted by atomic mass is 16.1. The zero-order valence-corrected chi connectivity index (χ0v) is 12.5. The van der Waals surface area contributed by atoms with Crippen LogP contribution in [0.3, 0.4) is 0 Å². The van der Waals surface area contributed by atoms with Gasteiger partial charge in [0.05, 0.1) is 17.1 Å².